The quantitative estimate of drug-likeness (QED) is 0.313. The van der Waals surface area contributed by atoms with Gasteiger partial charge in [-0.3, -0.25) is 4.79 Å². The fraction of sp³-hybridized carbons (Fsp3) is 0.320. The molecular formula is C25H30N6O3S2. The van der Waals surface area contributed by atoms with Gasteiger partial charge in [-0.15, -0.1) is 11.3 Å². The van der Waals surface area contributed by atoms with Crippen molar-refractivity contribution in [1.82, 2.24) is 29.9 Å². The highest BCUT2D eigenvalue weighted by molar-refractivity contribution is 7.82. The van der Waals surface area contributed by atoms with Crippen LogP contribution in [-0.4, -0.2) is 62.2 Å². The molecule has 3 N–H and O–H groups in total. The molecule has 0 radical (unpaired) electrons. The largest absolute Gasteiger partial charge is 0.379 e. The number of carbonyl (C=O) groups is 1. The number of nitrogens with zero attached hydrogens (tertiary/aromatic N) is 3. The summed E-state index contributed by atoms with van der Waals surface area (Å²) >= 11 is 1.46. The van der Waals surface area contributed by atoms with Crippen molar-refractivity contribution in [1.29, 1.82) is 0 Å². The fourth-order valence-electron chi connectivity index (χ4n) is 3.72. The van der Waals surface area contributed by atoms with Crippen molar-refractivity contribution < 1.29 is 13.7 Å². The maximum absolute atomic E-state index is 13.0. The van der Waals surface area contributed by atoms with E-state index in [2.05, 4.69) is 38.7 Å². The summed E-state index contributed by atoms with van der Waals surface area (Å²) in [6.45, 7) is 11.5. The summed E-state index contributed by atoms with van der Waals surface area (Å²) < 4.78 is 20.3. The van der Waals surface area contributed by atoms with Crippen molar-refractivity contribution in [2.45, 2.75) is 24.4 Å². The molecule has 4 rings (SSSR count). The van der Waals surface area contributed by atoms with Gasteiger partial charge in [0.05, 0.1) is 41.0 Å². The highest BCUT2D eigenvalue weighted by Crippen LogP contribution is 2.18. The lowest BCUT2D eigenvalue weighted by molar-refractivity contribution is 0.0752. The topological polar surface area (TPSA) is 112 Å². The second kappa shape index (κ2) is 12.8. The Labute approximate surface area is 217 Å². The summed E-state index contributed by atoms with van der Waals surface area (Å²) in [7, 11) is -1.29. The zero-order valence-corrected chi connectivity index (χ0v) is 21.6. The zero-order valence-electron chi connectivity index (χ0n) is 20.0. The molecule has 9 nitrogen and oxygen atoms in total. The summed E-state index contributed by atoms with van der Waals surface area (Å²) in [6, 6.07) is 7.48. The zero-order chi connectivity index (χ0) is 25.3. The van der Waals surface area contributed by atoms with Crippen LogP contribution in [0, 0.1) is 0 Å². The second-order valence-electron chi connectivity index (χ2n) is 8.02. The maximum atomic E-state index is 13.0. The molecule has 1 unspecified atom stereocenters. The van der Waals surface area contributed by atoms with E-state index in [0.29, 0.717) is 56.4 Å². The lowest BCUT2D eigenvalue weighted by Crippen LogP contribution is -2.38. The predicted molar refractivity (Wildman–Crippen MR) is 143 cm³/mol. The number of imidazole rings is 1. The summed E-state index contributed by atoms with van der Waals surface area (Å²) in [4.78, 5) is 25.6. The average Bonchev–Trinajstić information content (AvgIpc) is 3.57. The van der Waals surface area contributed by atoms with Gasteiger partial charge in [0.25, 0.3) is 5.91 Å². The van der Waals surface area contributed by atoms with Crippen molar-refractivity contribution in [3.63, 3.8) is 0 Å². The number of rotatable bonds is 12. The van der Waals surface area contributed by atoms with Gasteiger partial charge in [-0.1, -0.05) is 31.4 Å². The SMILES string of the molecule is C=Cc1nc(CNCCc2nc(C(=O)NCc3ccccc3S(=O)N3CCOCC3)cs2)[nH]c1C=C. The Morgan fingerprint density at radius 2 is 2.00 bits per heavy atom. The van der Waals surface area contributed by atoms with Crippen LogP contribution < -0.4 is 10.6 Å². The molecule has 1 atom stereocenters. The minimum Gasteiger partial charge on any atom is -0.379 e. The molecule has 1 aromatic carbocycles. The van der Waals surface area contributed by atoms with Gasteiger partial charge in [0.15, 0.2) is 0 Å². The van der Waals surface area contributed by atoms with Crippen molar-refractivity contribution in [3.8, 4) is 0 Å². The number of morpholine rings is 1. The molecule has 0 saturated carbocycles. The van der Waals surface area contributed by atoms with Gasteiger partial charge in [0.2, 0.25) is 0 Å². The van der Waals surface area contributed by atoms with Crippen molar-refractivity contribution in [2.75, 3.05) is 32.8 Å². The van der Waals surface area contributed by atoms with E-state index in [1.165, 1.54) is 11.3 Å². The third-order valence-corrected chi connectivity index (χ3v) is 8.12. The Morgan fingerprint density at radius 1 is 1.19 bits per heavy atom. The Hall–Kier alpha value is -2.96. The van der Waals surface area contributed by atoms with Gasteiger partial charge in [0, 0.05) is 38.0 Å². The third kappa shape index (κ3) is 6.62. The molecule has 3 aromatic rings. The molecule has 1 fully saturated rings. The minimum absolute atomic E-state index is 0.248. The third-order valence-electron chi connectivity index (χ3n) is 5.60. The van der Waals surface area contributed by atoms with E-state index in [-0.39, 0.29) is 12.5 Å². The molecule has 1 aliphatic rings. The van der Waals surface area contributed by atoms with Crippen LogP contribution in [0.2, 0.25) is 0 Å². The maximum Gasteiger partial charge on any atom is 0.271 e. The number of thiazole rings is 1. The van der Waals surface area contributed by atoms with Crippen LogP contribution in [-0.2, 0) is 35.2 Å². The number of nitrogens with one attached hydrogen (secondary N) is 3. The van der Waals surface area contributed by atoms with E-state index >= 15 is 0 Å². The highest BCUT2D eigenvalue weighted by atomic mass is 32.2. The smallest absolute Gasteiger partial charge is 0.271 e. The number of aromatic amines is 1. The Morgan fingerprint density at radius 3 is 2.75 bits per heavy atom. The molecule has 0 aliphatic carbocycles. The van der Waals surface area contributed by atoms with Crippen LogP contribution >= 0.6 is 11.3 Å². The first-order valence-corrected chi connectivity index (χ1v) is 13.7. The van der Waals surface area contributed by atoms with Crippen LogP contribution in [0.1, 0.15) is 38.3 Å². The summed E-state index contributed by atoms with van der Waals surface area (Å²) in [5.74, 6) is 0.566. The molecule has 36 heavy (non-hydrogen) atoms. The summed E-state index contributed by atoms with van der Waals surface area (Å²) in [5.41, 5.74) is 2.85. The van der Waals surface area contributed by atoms with Gasteiger partial charge >= 0.3 is 0 Å². The number of hydrogen-bond acceptors (Lipinski definition) is 7. The summed E-state index contributed by atoms with van der Waals surface area (Å²) in [6.07, 6.45) is 4.11. The minimum atomic E-state index is -1.29. The van der Waals surface area contributed by atoms with Crippen LogP contribution in [0.25, 0.3) is 12.2 Å². The molecule has 0 bridgehead atoms. The number of H-pyrrole nitrogens is 1. The lowest BCUT2D eigenvalue weighted by Gasteiger charge is -2.26. The molecule has 2 aromatic heterocycles. The second-order valence-corrected chi connectivity index (χ2v) is 10.4. The first-order valence-electron chi connectivity index (χ1n) is 11.7. The number of aromatic nitrogens is 3. The van der Waals surface area contributed by atoms with Gasteiger partial charge in [0.1, 0.15) is 22.5 Å². The van der Waals surface area contributed by atoms with Crippen LogP contribution in [0.5, 0.6) is 0 Å². The first-order chi connectivity index (χ1) is 17.6. The molecule has 190 valence electrons. The van der Waals surface area contributed by atoms with E-state index in [0.717, 1.165) is 27.8 Å². The Bertz CT molecular complexity index is 1210. The van der Waals surface area contributed by atoms with E-state index < -0.39 is 11.0 Å². The predicted octanol–water partition coefficient (Wildman–Crippen LogP) is 2.77. The van der Waals surface area contributed by atoms with Gasteiger partial charge in [-0.05, 0) is 23.8 Å². The molecule has 1 amide bonds. The summed E-state index contributed by atoms with van der Waals surface area (Å²) in [5, 5.41) is 8.89. The molecule has 1 aliphatic heterocycles. The molecule has 3 heterocycles. The van der Waals surface area contributed by atoms with E-state index in [1.807, 2.05) is 28.6 Å². The van der Waals surface area contributed by atoms with Crippen LogP contribution in [0.3, 0.4) is 0 Å². The molecule has 0 spiro atoms. The number of benzene rings is 1. The molecule has 11 heteroatoms. The number of ether oxygens (including phenoxy) is 1. The van der Waals surface area contributed by atoms with Crippen LogP contribution in [0.4, 0.5) is 0 Å². The van der Waals surface area contributed by atoms with Gasteiger partial charge in [-0.2, -0.15) is 0 Å². The molecular weight excluding hydrogens is 496 g/mol. The Kier molecular flexibility index (Phi) is 9.31. The number of hydrogen-bond donors (Lipinski definition) is 3. The normalized spacial score (nSPS) is 14.9. The van der Waals surface area contributed by atoms with Crippen LogP contribution in [0.15, 0.2) is 47.7 Å². The standard InChI is InChI=1S/C25H30N6O3S2/c1-3-19-20(4-2)29-23(28-19)16-26-10-9-24-30-21(17-35-24)25(32)27-15-18-7-5-6-8-22(18)36(33)31-11-13-34-14-12-31/h3-8,17,26H,1-2,9-16H2,(H,27,32)(H,28,29). The van der Waals surface area contributed by atoms with E-state index in [9.17, 15) is 9.00 Å². The van der Waals surface area contributed by atoms with Crippen molar-refractivity contribution >= 4 is 40.4 Å². The number of carbonyl (C=O) groups excluding carboxylic acids is 1. The lowest BCUT2D eigenvalue weighted by atomic mass is 10.2. The fourth-order valence-corrected chi connectivity index (χ4v) is 5.81. The monoisotopic (exact) mass is 526 g/mol. The first kappa shape index (κ1) is 26.1. The number of amides is 1. The van der Waals surface area contributed by atoms with Gasteiger partial charge < -0.3 is 20.4 Å². The molecule has 1 saturated heterocycles. The highest BCUT2D eigenvalue weighted by Gasteiger charge is 2.21. The van der Waals surface area contributed by atoms with E-state index in [1.54, 1.807) is 17.5 Å². The Balaban J connectivity index is 1.26. The van der Waals surface area contributed by atoms with Crippen molar-refractivity contribution in [2.24, 2.45) is 0 Å². The van der Waals surface area contributed by atoms with Crippen molar-refractivity contribution in [3.05, 3.63) is 76.3 Å². The average molecular weight is 527 g/mol. The van der Waals surface area contributed by atoms with Gasteiger partial charge in [-0.25, -0.2) is 18.5 Å². The van der Waals surface area contributed by atoms with E-state index in [4.69, 9.17) is 4.74 Å².